The highest BCUT2D eigenvalue weighted by Crippen LogP contribution is 2.40. The molecule has 1 N–H and O–H groups in total. The maximum absolute atomic E-state index is 13.8. The molecular weight excluding hydrogens is 620 g/mol. The van der Waals surface area contributed by atoms with Crippen molar-refractivity contribution in [1.29, 1.82) is 0 Å². The van der Waals surface area contributed by atoms with Crippen LogP contribution in [0.2, 0.25) is 5.02 Å². The van der Waals surface area contributed by atoms with Crippen LogP contribution in [0.1, 0.15) is 34.0 Å². The third-order valence-corrected chi connectivity index (χ3v) is 8.58. The molecule has 5 aromatic carbocycles. The number of carboxylic acid groups (broad SMARTS) is 1. The molecule has 1 amide bonds. The number of amidine groups is 1. The van der Waals surface area contributed by atoms with Gasteiger partial charge in [0.05, 0.1) is 34.3 Å². The molecule has 1 heterocycles. The van der Waals surface area contributed by atoms with E-state index in [4.69, 9.17) is 26.1 Å². The lowest BCUT2D eigenvalue weighted by Gasteiger charge is -2.16. The molecule has 0 radical (unpaired) electrons. The first-order chi connectivity index (χ1) is 22.4. The molecular formula is C37H29ClN2O5S. The molecule has 0 spiro atoms. The van der Waals surface area contributed by atoms with Gasteiger partial charge in [-0.25, -0.2) is 9.79 Å². The number of para-hydroxylation sites is 1. The Labute approximate surface area is 275 Å². The average molecular weight is 649 g/mol. The highest BCUT2D eigenvalue weighted by atomic mass is 35.5. The number of hydrogen-bond acceptors (Lipinski definition) is 6. The van der Waals surface area contributed by atoms with Crippen LogP contribution < -0.4 is 9.47 Å². The smallest absolute Gasteiger partial charge is 0.335 e. The van der Waals surface area contributed by atoms with Crippen molar-refractivity contribution in [2.75, 3.05) is 6.61 Å². The van der Waals surface area contributed by atoms with Gasteiger partial charge in [-0.05, 0) is 88.6 Å². The average Bonchev–Trinajstić information content (AvgIpc) is 3.34. The highest BCUT2D eigenvalue weighted by Gasteiger charge is 2.33. The number of ether oxygens (including phenoxy) is 2. The van der Waals surface area contributed by atoms with Crippen molar-refractivity contribution >= 4 is 62.9 Å². The maximum atomic E-state index is 13.8. The number of carbonyl (C=O) groups is 2. The van der Waals surface area contributed by atoms with Gasteiger partial charge in [-0.1, -0.05) is 84.4 Å². The zero-order chi connectivity index (χ0) is 32.0. The molecule has 1 aliphatic heterocycles. The van der Waals surface area contributed by atoms with Crippen LogP contribution in [0.5, 0.6) is 11.5 Å². The Kier molecular flexibility index (Phi) is 9.38. The summed E-state index contributed by atoms with van der Waals surface area (Å²) in [5.74, 6) is -0.328. The first kappa shape index (κ1) is 31.0. The number of carbonyl (C=O) groups excluding carboxylic acids is 1. The third kappa shape index (κ3) is 6.93. The Bertz CT molecular complexity index is 1970. The minimum Gasteiger partial charge on any atom is -0.490 e. The van der Waals surface area contributed by atoms with Crippen LogP contribution in [0.3, 0.4) is 0 Å². The number of halogens is 1. The van der Waals surface area contributed by atoms with Crippen LogP contribution in [-0.2, 0) is 17.9 Å². The lowest BCUT2D eigenvalue weighted by atomic mass is 10.1. The Morgan fingerprint density at radius 1 is 0.935 bits per heavy atom. The zero-order valence-electron chi connectivity index (χ0n) is 24.9. The molecule has 9 heteroatoms. The van der Waals surface area contributed by atoms with E-state index in [9.17, 15) is 14.7 Å². The van der Waals surface area contributed by atoms with E-state index in [1.165, 1.54) is 23.9 Å². The van der Waals surface area contributed by atoms with E-state index in [-0.39, 0.29) is 18.0 Å². The molecule has 7 nitrogen and oxygen atoms in total. The lowest BCUT2D eigenvalue weighted by molar-refractivity contribution is -0.122. The van der Waals surface area contributed by atoms with Crippen LogP contribution in [0.15, 0.2) is 119 Å². The van der Waals surface area contributed by atoms with Crippen LogP contribution in [0, 0.1) is 0 Å². The molecule has 0 unspecified atom stereocenters. The van der Waals surface area contributed by atoms with Gasteiger partial charge in [0, 0.05) is 0 Å². The summed E-state index contributed by atoms with van der Waals surface area (Å²) < 4.78 is 12.2. The van der Waals surface area contributed by atoms with Crippen molar-refractivity contribution in [3.8, 4) is 11.5 Å². The Morgan fingerprint density at radius 2 is 1.67 bits per heavy atom. The molecule has 230 valence electrons. The van der Waals surface area contributed by atoms with Gasteiger partial charge in [-0.15, -0.1) is 0 Å². The van der Waals surface area contributed by atoms with E-state index in [1.54, 1.807) is 29.2 Å². The number of fused-ring (bicyclic) bond motifs is 1. The van der Waals surface area contributed by atoms with Gasteiger partial charge in [-0.3, -0.25) is 9.69 Å². The Hall–Kier alpha value is -5.05. The molecule has 1 aliphatic rings. The summed E-state index contributed by atoms with van der Waals surface area (Å²) in [6.07, 6.45) is 1.77. The molecule has 1 fully saturated rings. The van der Waals surface area contributed by atoms with Crippen molar-refractivity contribution < 1.29 is 24.2 Å². The summed E-state index contributed by atoms with van der Waals surface area (Å²) in [4.78, 5) is 31.9. The fourth-order valence-corrected chi connectivity index (χ4v) is 6.34. The van der Waals surface area contributed by atoms with Gasteiger partial charge in [-0.2, -0.15) is 0 Å². The maximum Gasteiger partial charge on any atom is 0.335 e. The van der Waals surface area contributed by atoms with Crippen LogP contribution in [-0.4, -0.2) is 33.7 Å². The number of hydrogen-bond donors (Lipinski definition) is 1. The molecule has 0 saturated carbocycles. The van der Waals surface area contributed by atoms with Gasteiger partial charge < -0.3 is 14.6 Å². The lowest BCUT2D eigenvalue weighted by Crippen LogP contribution is -2.28. The van der Waals surface area contributed by atoms with Crippen LogP contribution in [0.4, 0.5) is 5.69 Å². The number of aliphatic imine (C=N–C) groups is 1. The zero-order valence-corrected chi connectivity index (χ0v) is 26.4. The topological polar surface area (TPSA) is 88.4 Å². The number of thioether (sulfide) groups is 1. The van der Waals surface area contributed by atoms with E-state index >= 15 is 0 Å². The Morgan fingerprint density at radius 3 is 2.43 bits per heavy atom. The largest absolute Gasteiger partial charge is 0.490 e. The van der Waals surface area contributed by atoms with Crippen molar-refractivity contribution in [2.45, 2.75) is 20.1 Å². The predicted molar refractivity (Wildman–Crippen MR) is 184 cm³/mol. The van der Waals surface area contributed by atoms with E-state index < -0.39 is 5.97 Å². The second-order valence-electron chi connectivity index (χ2n) is 10.4. The first-order valence-electron chi connectivity index (χ1n) is 14.6. The van der Waals surface area contributed by atoms with E-state index in [2.05, 4.69) is 18.2 Å². The van der Waals surface area contributed by atoms with Gasteiger partial charge in [0.25, 0.3) is 5.91 Å². The second-order valence-corrected chi connectivity index (χ2v) is 11.8. The van der Waals surface area contributed by atoms with Crippen molar-refractivity contribution in [3.63, 3.8) is 0 Å². The molecule has 0 bridgehead atoms. The van der Waals surface area contributed by atoms with Crippen LogP contribution in [0.25, 0.3) is 16.8 Å². The first-order valence-corrected chi connectivity index (χ1v) is 15.8. The summed E-state index contributed by atoms with van der Waals surface area (Å²) in [6.45, 7) is 2.81. The van der Waals surface area contributed by atoms with Crippen LogP contribution >= 0.6 is 23.4 Å². The van der Waals surface area contributed by atoms with Crippen molar-refractivity contribution in [3.05, 3.63) is 141 Å². The summed E-state index contributed by atoms with van der Waals surface area (Å²) >= 11 is 8.04. The standard InChI is InChI=1S/C37H29ClN2O5S/c1-2-44-32-20-25(19-31(38)34(32)45-23-28-11-8-10-26-9-6-7-14-30(26)28)21-33-35(41)40(22-24-15-17-27(18-16-24)36(42)43)37(46-33)39-29-12-4-3-5-13-29/h3-21H,2,22-23H2,1H3,(H,42,43)/b33-21-,39-37?. The fraction of sp³-hybridized carbons (Fsp3) is 0.108. The number of aromatic carboxylic acids is 1. The van der Waals surface area contributed by atoms with Gasteiger partial charge in [0.2, 0.25) is 0 Å². The number of nitrogens with zero attached hydrogens (tertiary/aromatic N) is 2. The number of carboxylic acids is 1. The normalized spacial score (nSPS) is 14.7. The second kappa shape index (κ2) is 13.9. The van der Waals surface area contributed by atoms with Gasteiger partial charge in [0.15, 0.2) is 16.7 Å². The third-order valence-electron chi connectivity index (χ3n) is 7.29. The van der Waals surface area contributed by atoms with Crippen molar-refractivity contribution in [1.82, 2.24) is 4.90 Å². The molecule has 0 aromatic heterocycles. The van der Waals surface area contributed by atoms with E-state index in [0.29, 0.717) is 51.1 Å². The number of rotatable bonds is 10. The molecule has 5 aromatic rings. The molecule has 6 rings (SSSR count). The summed E-state index contributed by atoms with van der Waals surface area (Å²) in [6, 6.07) is 33.7. The van der Waals surface area contributed by atoms with E-state index in [1.807, 2.05) is 67.6 Å². The number of amides is 1. The fourth-order valence-electron chi connectivity index (χ4n) is 5.07. The summed E-state index contributed by atoms with van der Waals surface area (Å²) in [5.41, 5.74) is 3.36. The van der Waals surface area contributed by atoms with E-state index in [0.717, 1.165) is 21.9 Å². The predicted octanol–water partition coefficient (Wildman–Crippen LogP) is 8.97. The highest BCUT2D eigenvalue weighted by molar-refractivity contribution is 8.18. The number of benzene rings is 5. The molecule has 0 atom stereocenters. The SMILES string of the molecule is CCOc1cc(/C=C2\SC(=Nc3ccccc3)N(Cc3ccc(C(=O)O)cc3)C2=O)cc(Cl)c1OCc1cccc2ccccc12. The summed E-state index contributed by atoms with van der Waals surface area (Å²) in [7, 11) is 0. The summed E-state index contributed by atoms with van der Waals surface area (Å²) in [5, 5.41) is 12.4. The Balaban J connectivity index is 1.30. The quantitative estimate of drug-likeness (QED) is 0.152. The minimum atomic E-state index is -1.01. The molecule has 46 heavy (non-hydrogen) atoms. The monoisotopic (exact) mass is 648 g/mol. The molecule has 0 aliphatic carbocycles. The van der Waals surface area contributed by atoms with Crippen molar-refractivity contribution in [2.24, 2.45) is 4.99 Å². The van der Waals surface area contributed by atoms with Gasteiger partial charge >= 0.3 is 5.97 Å². The van der Waals surface area contributed by atoms with Gasteiger partial charge in [0.1, 0.15) is 6.61 Å². The minimum absolute atomic E-state index is 0.177. The molecule has 1 saturated heterocycles.